The van der Waals surface area contributed by atoms with E-state index in [1.54, 1.807) is 0 Å². The number of hydrogen-bond acceptors (Lipinski definition) is 2. The Balaban J connectivity index is 1.93. The lowest BCUT2D eigenvalue weighted by atomic mass is 9.66. The van der Waals surface area contributed by atoms with Gasteiger partial charge in [0, 0.05) is 22.5 Å². The van der Waals surface area contributed by atoms with Crippen LogP contribution in [0.25, 0.3) is 11.1 Å². The zero-order valence-electron chi connectivity index (χ0n) is 25.6. The molecular formula is C37H40N2Si2. The van der Waals surface area contributed by atoms with Gasteiger partial charge >= 0.3 is 0 Å². The van der Waals surface area contributed by atoms with E-state index in [9.17, 15) is 0 Å². The van der Waals surface area contributed by atoms with E-state index in [0.29, 0.717) is 0 Å². The largest absolute Gasteiger partial charge is 0.399 e. The first-order valence-corrected chi connectivity index (χ1v) is 21.3. The molecule has 41 heavy (non-hydrogen) atoms. The van der Waals surface area contributed by atoms with Crippen molar-refractivity contribution >= 4 is 27.5 Å². The van der Waals surface area contributed by atoms with Crippen LogP contribution in [-0.2, 0) is 5.41 Å². The monoisotopic (exact) mass is 568 g/mol. The molecule has 0 unspecified atom stereocenters. The third kappa shape index (κ3) is 5.39. The van der Waals surface area contributed by atoms with Gasteiger partial charge < -0.3 is 11.5 Å². The van der Waals surface area contributed by atoms with Crippen molar-refractivity contribution in [2.24, 2.45) is 0 Å². The maximum atomic E-state index is 6.37. The molecule has 4 aromatic rings. The van der Waals surface area contributed by atoms with Crippen molar-refractivity contribution in [3.63, 3.8) is 0 Å². The predicted octanol–water partition coefficient (Wildman–Crippen LogP) is 8.29. The Hall–Kier alpha value is -3.97. The van der Waals surface area contributed by atoms with Gasteiger partial charge in [-0.2, -0.15) is 0 Å². The van der Waals surface area contributed by atoms with Gasteiger partial charge in [0.15, 0.2) is 0 Å². The fraction of sp³-hybridized carbons (Fsp3) is 0.243. The third-order valence-electron chi connectivity index (χ3n) is 7.71. The predicted molar refractivity (Wildman–Crippen MR) is 182 cm³/mol. The molecular weight excluding hydrogens is 529 g/mol. The SMILES string of the molecule is Cc1cc(C2(c3ccc(N)c(C)c3)c3cc(C#C[Si](C)(C)C)ccc3-c3ccc(C#C[Si](C)(C)C)cc32)ccc1N. The van der Waals surface area contributed by atoms with Crippen LogP contribution >= 0.6 is 0 Å². The molecule has 0 aliphatic heterocycles. The summed E-state index contributed by atoms with van der Waals surface area (Å²) in [5.41, 5.74) is 32.4. The van der Waals surface area contributed by atoms with Crippen LogP contribution in [0.15, 0.2) is 72.8 Å². The van der Waals surface area contributed by atoms with Crippen LogP contribution in [0.3, 0.4) is 0 Å². The Kier molecular flexibility index (Phi) is 7.06. The Morgan fingerprint density at radius 1 is 0.537 bits per heavy atom. The molecule has 4 aromatic carbocycles. The van der Waals surface area contributed by atoms with Crippen LogP contribution in [-0.4, -0.2) is 16.1 Å². The summed E-state index contributed by atoms with van der Waals surface area (Å²) < 4.78 is 0. The molecule has 0 heterocycles. The van der Waals surface area contributed by atoms with E-state index in [4.69, 9.17) is 11.5 Å². The van der Waals surface area contributed by atoms with Crippen molar-refractivity contribution in [3.8, 4) is 34.1 Å². The lowest BCUT2D eigenvalue weighted by Crippen LogP contribution is -2.29. The van der Waals surface area contributed by atoms with E-state index in [-0.39, 0.29) is 0 Å². The number of nitrogen functional groups attached to an aromatic ring is 2. The smallest absolute Gasteiger partial charge is 0.129 e. The van der Waals surface area contributed by atoms with Crippen molar-refractivity contribution in [1.82, 2.24) is 0 Å². The van der Waals surface area contributed by atoms with Crippen LogP contribution in [0.1, 0.15) is 44.5 Å². The summed E-state index contributed by atoms with van der Waals surface area (Å²) in [6.07, 6.45) is 0. The molecule has 0 fully saturated rings. The quantitative estimate of drug-likeness (QED) is 0.128. The van der Waals surface area contributed by atoms with Crippen LogP contribution in [0.5, 0.6) is 0 Å². The average Bonchev–Trinajstić information content (AvgIpc) is 3.18. The minimum absolute atomic E-state index is 0.574. The molecule has 206 valence electrons. The molecule has 0 radical (unpaired) electrons. The first kappa shape index (κ1) is 28.6. The highest BCUT2D eigenvalue weighted by Crippen LogP contribution is 2.57. The standard InChI is InChI=1S/C37H40N2Si2/c1-25-21-29(11-15-35(25)38)37(30-12-16-36(39)26(2)22-30)33-23-27(17-19-40(3,4)5)9-13-31(33)32-14-10-28(24-34(32)37)18-20-41(6,7)8/h9-16,21-24H,38-39H2,1-8H3. The van der Waals surface area contributed by atoms with Crippen LogP contribution in [0.2, 0.25) is 39.3 Å². The second-order valence-corrected chi connectivity index (χ2v) is 22.9. The molecule has 4 heteroatoms. The van der Waals surface area contributed by atoms with Gasteiger partial charge in [-0.05, 0) is 94.8 Å². The number of hydrogen-bond donors (Lipinski definition) is 2. The van der Waals surface area contributed by atoms with Crippen LogP contribution in [0, 0.1) is 36.8 Å². The molecule has 5 rings (SSSR count). The number of rotatable bonds is 2. The molecule has 1 aliphatic rings. The van der Waals surface area contributed by atoms with Gasteiger partial charge in [-0.15, -0.1) is 11.1 Å². The lowest BCUT2D eigenvalue weighted by Gasteiger charge is -2.35. The van der Waals surface area contributed by atoms with Crippen LogP contribution in [0.4, 0.5) is 11.4 Å². The molecule has 4 N–H and O–H groups in total. The van der Waals surface area contributed by atoms with Gasteiger partial charge in [0.05, 0.1) is 5.41 Å². The fourth-order valence-corrected chi connectivity index (χ4v) is 6.64. The molecule has 0 saturated heterocycles. The van der Waals surface area contributed by atoms with Crippen molar-refractivity contribution in [3.05, 3.63) is 117 Å². The molecule has 0 atom stereocenters. The Morgan fingerprint density at radius 3 is 1.27 bits per heavy atom. The number of anilines is 2. The number of nitrogens with two attached hydrogens (primary N) is 2. The van der Waals surface area contributed by atoms with Crippen LogP contribution < -0.4 is 11.5 Å². The van der Waals surface area contributed by atoms with Gasteiger partial charge in [-0.3, -0.25) is 0 Å². The number of fused-ring (bicyclic) bond motifs is 3. The van der Waals surface area contributed by atoms with E-state index in [0.717, 1.165) is 33.6 Å². The summed E-state index contributed by atoms with van der Waals surface area (Å²) in [7, 11) is -3.11. The minimum Gasteiger partial charge on any atom is -0.399 e. The molecule has 0 spiro atoms. The third-order valence-corrected chi connectivity index (χ3v) is 9.46. The van der Waals surface area contributed by atoms with E-state index < -0.39 is 21.6 Å². The summed E-state index contributed by atoms with van der Waals surface area (Å²) in [6, 6.07) is 26.4. The van der Waals surface area contributed by atoms with E-state index >= 15 is 0 Å². The lowest BCUT2D eigenvalue weighted by molar-refractivity contribution is 0.766. The maximum absolute atomic E-state index is 6.37. The normalized spacial score (nSPS) is 13.4. The molecule has 2 nitrogen and oxygen atoms in total. The zero-order valence-corrected chi connectivity index (χ0v) is 27.6. The Morgan fingerprint density at radius 2 is 0.927 bits per heavy atom. The van der Waals surface area contributed by atoms with Gasteiger partial charge in [0.2, 0.25) is 0 Å². The highest BCUT2D eigenvalue weighted by Gasteiger charge is 2.46. The number of benzene rings is 4. The molecule has 0 aromatic heterocycles. The average molecular weight is 569 g/mol. The molecule has 1 aliphatic carbocycles. The Labute approximate surface area is 248 Å². The van der Waals surface area contributed by atoms with Gasteiger partial charge in [0.1, 0.15) is 16.1 Å². The topological polar surface area (TPSA) is 52.0 Å². The first-order valence-electron chi connectivity index (χ1n) is 14.3. The zero-order chi connectivity index (χ0) is 29.7. The number of aryl methyl sites for hydroxylation is 2. The second-order valence-electron chi connectivity index (χ2n) is 13.4. The second kappa shape index (κ2) is 10.1. The highest BCUT2D eigenvalue weighted by atomic mass is 28.3. The van der Waals surface area contributed by atoms with Gasteiger partial charge in [-0.1, -0.05) is 87.5 Å². The summed E-state index contributed by atoms with van der Waals surface area (Å²) >= 11 is 0. The fourth-order valence-electron chi connectivity index (χ4n) is 5.61. The summed E-state index contributed by atoms with van der Waals surface area (Å²) in [4.78, 5) is 0. The minimum atomic E-state index is -1.55. The van der Waals surface area contributed by atoms with Crippen molar-refractivity contribution in [1.29, 1.82) is 0 Å². The van der Waals surface area contributed by atoms with Crippen molar-refractivity contribution in [2.75, 3.05) is 11.5 Å². The summed E-state index contributed by atoms with van der Waals surface area (Å²) in [6.45, 7) is 17.9. The first-order chi connectivity index (χ1) is 19.2. The van der Waals surface area contributed by atoms with E-state index in [1.165, 1.54) is 33.4 Å². The van der Waals surface area contributed by atoms with Crippen molar-refractivity contribution < 1.29 is 0 Å². The van der Waals surface area contributed by atoms with E-state index in [2.05, 4.69) is 137 Å². The highest BCUT2D eigenvalue weighted by molar-refractivity contribution is 6.84. The summed E-state index contributed by atoms with van der Waals surface area (Å²) in [5, 5.41) is 0. The van der Waals surface area contributed by atoms with E-state index in [1.807, 2.05) is 12.1 Å². The molecule has 0 bridgehead atoms. The maximum Gasteiger partial charge on any atom is 0.129 e. The van der Waals surface area contributed by atoms with Gasteiger partial charge in [0.25, 0.3) is 0 Å². The molecule has 0 saturated carbocycles. The van der Waals surface area contributed by atoms with Gasteiger partial charge in [-0.25, -0.2) is 0 Å². The van der Waals surface area contributed by atoms with Crippen molar-refractivity contribution in [2.45, 2.75) is 58.5 Å². The molecule has 0 amide bonds. The summed E-state index contributed by atoms with van der Waals surface area (Å²) in [5.74, 6) is 7.05. The Bertz CT molecular complexity index is 1680.